The lowest BCUT2D eigenvalue weighted by atomic mass is 10.0. The van der Waals surface area contributed by atoms with Crippen LogP contribution in [-0.4, -0.2) is 41.5 Å². The molecule has 1 unspecified atom stereocenters. The number of aromatic nitrogens is 6. The van der Waals surface area contributed by atoms with E-state index in [0.717, 1.165) is 5.56 Å². The van der Waals surface area contributed by atoms with E-state index in [1.54, 1.807) is 30.2 Å². The molecule has 1 atom stereocenters. The van der Waals surface area contributed by atoms with Crippen LogP contribution in [0.5, 0.6) is 0 Å². The number of anilines is 1. The molecule has 4 aromatic rings. The highest BCUT2D eigenvalue weighted by atomic mass is 19.3. The number of aromatic amines is 1. The van der Waals surface area contributed by atoms with Crippen LogP contribution in [0.4, 0.5) is 19.0 Å². The third-order valence-electron chi connectivity index (χ3n) is 5.72. The number of carbonyl (C=O) groups excluding carboxylic acids is 1. The highest BCUT2D eigenvalue weighted by Gasteiger charge is 2.41. The first-order valence-electron chi connectivity index (χ1n) is 10.4. The summed E-state index contributed by atoms with van der Waals surface area (Å²) >= 11 is 0. The summed E-state index contributed by atoms with van der Waals surface area (Å²) in [4.78, 5) is 28.2. The topological polar surface area (TPSA) is 101 Å². The van der Waals surface area contributed by atoms with Gasteiger partial charge in [-0.3, -0.25) is 9.48 Å². The molecule has 170 valence electrons. The molecule has 0 saturated heterocycles. The molecule has 3 heterocycles. The van der Waals surface area contributed by atoms with E-state index in [0.29, 0.717) is 28.9 Å². The molecular weight excluding hydrogens is 435 g/mol. The zero-order valence-electron chi connectivity index (χ0n) is 17.6. The maximum Gasteiger partial charge on any atom is 0.248 e. The SMILES string of the molecule is Cn1cc(-c2cc(F)cc(CC(=O)Nc3ncnc4nc(C5CCC(F)(F)C5)[nH]c34)c2)cn1. The van der Waals surface area contributed by atoms with Gasteiger partial charge in [0.15, 0.2) is 11.5 Å². The average molecular weight is 455 g/mol. The van der Waals surface area contributed by atoms with Crippen molar-refractivity contribution >= 4 is 22.9 Å². The average Bonchev–Trinajstić information content (AvgIpc) is 3.45. The van der Waals surface area contributed by atoms with E-state index in [-0.39, 0.29) is 30.7 Å². The molecule has 3 aromatic heterocycles. The van der Waals surface area contributed by atoms with Gasteiger partial charge in [-0.15, -0.1) is 0 Å². The molecule has 11 heteroatoms. The number of hydrogen-bond acceptors (Lipinski definition) is 5. The van der Waals surface area contributed by atoms with E-state index < -0.39 is 23.6 Å². The van der Waals surface area contributed by atoms with Gasteiger partial charge >= 0.3 is 0 Å². The van der Waals surface area contributed by atoms with E-state index in [9.17, 15) is 18.0 Å². The number of benzene rings is 1. The number of H-pyrrole nitrogens is 1. The number of halogens is 3. The first-order valence-corrected chi connectivity index (χ1v) is 10.4. The molecule has 0 radical (unpaired) electrons. The number of amides is 1. The minimum absolute atomic E-state index is 0.0909. The van der Waals surface area contributed by atoms with Crippen LogP contribution in [0.3, 0.4) is 0 Å². The lowest BCUT2D eigenvalue weighted by Gasteiger charge is -2.08. The molecule has 0 aliphatic heterocycles. The second kappa shape index (κ2) is 7.98. The van der Waals surface area contributed by atoms with Crippen LogP contribution in [0, 0.1) is 5.82 Å². The fourth-order valence-electron chi connectivity index (χ4n) is 4.17. The van der Waals surface area contributed by atoms with Crippen molar-refractivity contribution in [3.63, 3.8) is 0 Å². The van der Waals surface area contributed by atoms with Crippen LogP contribution < -0.4 is 5.32 Å². The molecule has 0 spiro atoms. The molecule has 1 amide bonds. The van der Waals surface area contributed by atoms with Gasteiger partial charge in [0.2, 0.25) is 11.8 Å². The Morgan fingerprint density at radius 3 is 2.85 bits per heavy atom. The number of nitrogens with zero attached hydrogens (tertiary/aromatic N) is 5. The minimum Gasteiger partial charge on any atom is -0.337 e. The summed E-state index contributed by atoms with van der Waals surface area (Å²) in [5, 5.41) is 6.77. The molecule has 5 rings (SSSR count). The zero-order valence-corrected chi connectivity index (χ0v) is 17.6. The summed E-state index contributed by atoms with van der Waals surface area (Å²) in [7, 11) is 1.76. The third kappa shape index (κ3) is 4.43. The Kier molecular flexibility index (Phi) is 5.10. The predicted molar refractivity (Wildman–Crippen MR) is 114 cm³/mol. The van der Waals surface area contributed by atoms with E-state index in [4.69, 9.17) is 0 Å². The second-order valence-corrected chi connectivity index (χ2v) is 8.31. The van der Waals surface area contributed by atoms with Crippen LogP contribution >= 0.6 is 0 Å². The number of alkyl halides is 2. The highest BCUT2D eigenvalue weighted by molar-refractivity contribution is 5.97. The summed E-state index contributed by atoms with van der Waals surface area (Å²) < 4.78 is 43.0. The molecule has 1 aliphatic rings. The normalized spacial score (nSPS) is 17.5. The van der Waals surface area contributed by atoms with Crippen LogP contribution in [0.15, 0.2) is 36.9 Å². The van der Waals surface area contributed by atoms with Gasteiger partial charge in [-0.1, -0.05) is 6.07 Å². The van der Waals surface area contributed by atoms with Crippen molar-refractivity contribution in [2.75, 3.05) is 5.32 Å². The van der Waals surface area contributed by atoms with Crippen molar-refractivity contribution in [3.05, 3.63) is 54.1 Å². The van der Waals surface area contributed by atoms with Gasteiger partial charge in [0.25, 0.3) is 0 Å². The minimum atomic E-state index is -2.70. The molecule has 1 saturated carbocycles. The lowest BCUT2D eigenvalue weighted by molar-refractivity contribution is -0.115. The van der Waals surface area contributed by atoms with E-state index in [1.807, 2.05) is 0 Å². The number of carbonyl (C=O) groups is 1. The molecule has 33 heavy (non-hydrogen) atoms. The molecule has 1 aliphatic carbocycles. The fraction of sp³-hybridized carbons (Fsp3) is 0.318. The molecule has 1 fully saturated rings. The highest BCUT2D eigenvalue weighted by Crippen LogP contribution is 2.43. The van der Waals surface area contributed by atoms with Crippen molar-refractivity contribution < 1.29 is 18.0 Å². The molecule has 0 bridgehead atoms. The van der Waals surface area contributed by atoms with Gasteiger partial charge in [-0.25, -0.2) is 28.1 Å². The van der Waals surface area contributed by atoms with Crippen LogP contribution in [0.25, 0.3) is 22.3 Å². The Morgan fingerprint density at radius 1 is 1.27 bits per heavy atom. The first-order chi connectivity index (χ1) is 15.8. The van der Waals surface area contributed by atoms with Gasteiger partial charge in [0.05, 0.1) is 12.6 Å². The summed E-state index contributed by atoms with van der Waals surface area (Å²) in [5.74, 6) is -3.39. The Bertz CT molecular complexity index is 1350. The van der Waals surface area contributed by atoms with Gasteiger partial charge < -0.3 is 10.3 Å². The van der Waals surface area contributed by atoms with Crippen molar-refractivity contribution in [1.29, 1.82) is 0 Å². The zero-order chi connectivity index (χ0) is 23.2. The molecular formula is C22H20F3N7O. The molecule has 2 N–H and O–H groups in total. The van der Waals surface area contributed by atoms with E-state index in [1.165, 1.54) is 18.5 Å². The lowest BCUT2D eigenvalue weighted by Crippen LogP contribution is -2.16. The molecule has 1 aromatic carbocycles. The van der Waals surface area contributed by atoms with Crippen molar-refractivity contribution in [2.45, 2.75) is 37.5 Å². The maximum atomic E-state index is 14.2. The Morgan fingerprint density at radius 2 is 2.12 bits per heavy atom. The monoisotopic (exact) mass is 455 g/mol. The fourth-order valence-corrected chi connectivity index (χ4v) is 4.17. The van der Waals surface area contributed by atoms with E-state index >= 15 is 0 Å². The standard InChI is InChI=1S/C22H20F3N7O/c1-32-10-15(9-28-32)14-4-12(5-16(23)7-14)6-17(33)29-20-18-21(27-11-26-20)31-19(30-18)13-2-3-22(24,25)8-13/h4-5,7,9-11,13H,2-3,6,8H2,1H3,(H2,26,27,29,30,31,33). The number of rotatable bonds is 5. The number of nitrogens with one attached hydrogen (secondary N) is 2. The van der Waals surface area contributed by atoms with Crippen molar-refractivity contribution in [1.82, 2.24) is 29.7 Å². The number of imidazole rings is 1. The number of aryl methyl sites for hydroxylation is 1. The Labute approximate surface area is 186 Å². The Balaban J connectivity index is 1.35. The number of fused-ring (bicyclic) bond motifs is 1. The third-order valence-corrected chi connectivity index (χ3v) is 5.72. The predicted octanol–water partition coefficient (Wildman–Crippen LogP) is 3.98. The van der Waals surface area contributed by atoms with Crippen molar-refractivity contribution in [2.24, 2.45) is 7.05 Å². The second-order valence-electron chi connectivity index (χ2n) is 8.31. The van der Waals surface area contributed by atoms with Gasteiger partial charge in [0, 0.05) is 37.6 Å². The summed E-state index contributed by atoms with van der Waals surface area (Å²) in [6.45, 7) is 0. The smallest absolute Gasteiger partial charge is 0.248 e. The summed E-state index contributed by atoms with van der Waals surface area (Å²) in [5.41, 5.74) is 2.48. The summed E-state index contributed by atoms with van der Waals surface area (Å²) in [6.07, 6.45) is 4.39. The first kappa shape index (κ1) is 21.1. The molecule has 8 nitrogen and oxygen atoms in total. The van der Waals surface area contributed by atoms with Crippen LogP contribution in [0.1, 0.15) is 36.6 Å². The summed E-state index contributed by atoms with van der Waals surface area (Å²) in [6, 6.07) is 4.40. The van der Waals surface area contributed by atoms with Gasteiger partial charge in [0.1, 0.15) is 23.5 Å². The van der Waals surface area contributed by atoms with Crippen LogP contribution in [-0.2, 0) is 18.3 Å². The number of hydrogen-bond donors (Lipinski definition) is 2. The quantitative estimate of drug-likeness (QED) is 0.474. The van der Waals surface area contributed by atoms with Gasteiger partial charge in [-0.05, 0) is 29.7 Å². The largest absolute Gasteiger partial charge is 0.337 e. The Hall–Kier alpha value is -3.76. The maximum absolute atomic E-state index is 14.2. The van der Waals surface area contributed by atoms with Gasteiger partial charge in [-0.2, -0.15) is 5.10 Å². The van der Waals surface area contributed by atoms with E-state index in [2.05, 4.69) is 30.4 Å². The van der Waals surface area contributed by atoms with Crippen LogP contribution in [0.2, 0.25) is 0 Å². The van der Waals surface area contributed by atoms with Crippen molar-refractivity contribution in [3.8, 4) is 11.1 Å².